The highest BCUT2D eigenvalue weighted by Crippen LogP contribution is 2.31. The first-order chi connectivity index (χ1) is 8.84. The molecule has 0 amide bonds. The van der Waals surface area contributed by atoms with Crippen molar-refractivity contribution in [2.45, 2.75) is 39.5 Å². The monoisotopic (exact) mass is 257 g/mol. The minimum absolute atomic E-state index is 0.00945. The first-order valence-corrected chi connectivity index (χ1v) is 6.76. The van der Waals surface area contributed by atoms with Gasteiger partial charge in [0.25, 0.3) is 0 Å². The predicted molar refractivity (Wildman–Crippen MR) is 81.1 cm³/mol. The minimum Gasteiger partial charge on any atom is -0.383 e. The number of hydrogen-bond donors (Lipinski definition) is 1. The zero-order valence-corrected chi connectivity index (χ0v) is 12.5. The normalized spacial score (nSPS) is 11.8. The Morgan fingerprint density at radius 1 is 1.16 bits per heavy atom. The van der Waals surface area contributed by atoms with E-state index in [2.05, 4.69) is 52.0 Å². The van der Waals surface area contributed by atoms with E-state index in [4.69, 9.17) is 10.7 Å². The SMILES string of the molecule is CCc1ccc(-c2nc(C(C)(C)C)n(C)c2N)cc1. The maximum Gasteiger partial charge on any atom is 0.131 e. The maximum atomic E-state index is 6.20. The first-order valence-electron chi connectivity index (χ1n) is 6.76. The molecule has 2 rings (SSSR count). The van der Waals surface area contributed by atoms with E-state index in [1.807, 2.05) is 11.6 Å². The number of hydrogen-bond acceptors (Lipinski definition) is 2. The van der Waals surface area contributed by atoms with Crippen molar-refractivity contribution in [2.75, 3.05) is 5.73 Å². The van der Waals surface area contributed by atoms with Gasteiger partial charge in [0.2, 0.25) is 0 Å². The average molecular weight is 257 g/mol. The third kappa shape index (κ3) is 2.50. The molecule has 1 aromatic carbocycles. The molecule has 3 nitrogen and oxygen atoms in total. The Hall–Kier alpha value is -1.77. The summed E-state index contributed by atoms with van der Waals surface area (Å²) < 4.78 is 1.99. The zero-order valence-electron chi connectivity index (χ0n) is 12.5. The molecule has 0 aliphatic heterocycles. The second kappa shape index (κ2) is 4.72. The molecule has 0 bridgehead atoms. The van der Waals surface area contributed by atoms with E-state index in [1.165, 1.54) is 5.56 Å². The third-order valence-corrected chi connectivity index (χ3v) is 3.45. The Morgan fingerprint density at radius 2 is 1.74 bits per heavy atom. The van der Waals surface area contributed by atoms with Crippen molar-refractivity contribution in [2.24, 2.45) is 7.05 Å². The van der Waals surface area contributed by atoms with Crippen LogP contribution in [0.25, 0.3) is 11.3 Å². The van der Waals surface area contributed by atoms with E-state index >= 15 is 0 Å². The third-order valence-electron chi connectivity index (χ3n) is 3.45. The van der Waals surface area contributed by atoms with Crippen molar-refractivity contribution in [3.8, 4) is 11.3 Å². The van der Waals surface area contributed by atoms with Crippen molar-refractivity contribution in [3.63, 3.8) is 0 Å². The van der Waals surface area contributed by atoms with Crippen LogP contribution in [0.1, 0.15) is 39.1 Å². The molecule has 2 N–H and O–H groups in total. The Balaban J connectivity index is 2.50. The molecule has 0 radical (unpaired) electrons. The highest BCUT2D eigenvalue weighted by molar-refractivity contribution is 5.71. The molecule has 1 heterocycles. The van der Waals surface area contributed by atoms with Gasteiger partial charge < -0.3 is 10.3 Å². The number of nitrogens with zero attached hydrogens (tertiary/aromatic N) is 2. The van der Waals surface area contributed by atoms with E-state index < -0.39 is 0 Å². The molecule has 3 heteroatoms. The van der Waals surface area contributed by atoms with Gasteiger partial charge in [0, 0.05) is 18.0 Å². The first kappa shape index (κ1) is 13.7. The summed E-state index contributed by atoms with van der Waals surface area (Å²) in [5.41, 5.74) is 9.49. The van der Waals surface area contributed by atoms with E-state index in [0.29, 0.717) is 0 Å². The van der Waals surface area contributed by atoms with Gasteiger partial charge in [-0.05, 0) is 12.0 Å². The van der Waals surface area contributed by atoms with Crippen LogP contribution in [0, 0.1) is 0 Å². The van der Waals surface area contributed by atoms with Gasteiger partial charge >= 0.3 is 0 Å². The number of rotatable bonds is 2. The van der Waals surface area contributed by atoms with Crippen LogP contribution in [0.15, 0.2) is 24.3 Å². The largest absolute Gasteiger partial charge is 0.383 e. The quantitative estimate of drug-likeness (QED) is 0.894. The van der Waals surface area contributed by atoms with Gasteiger partial charge in [0.05, 0.1) is 0 Å². The summed E-state index contributed by atoms with van der Waals surface area (Å²) in [7, 11) is 1.98. The van der Waals surface area contributed by atoms with Crippen molar-refractivity contribution >= 4 is 5.82 Å². The minimum atomic E-state index is -0.00945. The predicted octanol–water partition coefficient (Wildman–Crippen LogP) is 3.53. The van der Waals surface area contributed by atoms with Crippen LogP contribution >= 0.6 is 0 Å². The summed E-state index contributed by atoms with van der Waals surface area (Å²) in [4.78, 5) is 4.74. The van der Waals surface area contributed by atoms with Gasteiger partial charge in [0.1, 0.15) is 17.3 Å². The number of aryl methyl sites for hydroxylation is 1. The number of benzene rings is 1. The summed E-state index contributed by atoms with van der Waals surface area (Å²) in [5, 5.41) is 0. The Bertz CT molecular complexity index is 571. The molecule has 0 fully saturated rings. The molecule has 102 valence electrons. The number of nitrogens with two attached hydrogens (primary N) is 1. The summed E-state index contributed by atoms with van der Waals surface area (Å²) in [6.07, 6.45) is 1.05. The summed E-state index contributed by atoms with van der Waals surface area (Å²) in [6.45, 7) is 8.61. The van der Waals surface area contributed by atoms with Gasteiger partial charge in [-0.3, -0.25) is 0 Å². The maximum absolute atomic E-state index is 6.20. The Labute approximate surface area is 115 Å². The fourth-order valence-corrected chi connectivity index (χ4v) is 2.29. The van der Waals surface area contributed by atoms with Gasteiger partial charge in [-0.2, -0.15) is 0 Å². The molecule has 0 spiro atoms. The second-order valence-electron chi connectivity index (χ2n) is 6.03. The standard InChI is InChI=1S/C16H23N3/c1-6-11-7-9-12(10-8-11)13-14(17)19(5)15(18-13)16(2,3)4/h7-10H,6,17H2,1-5H3. The van der Waals surface area contributed by atoms with Gasteiger partial charge in [-0.25, -0.2) is 4.98 Å². The lowest BCUT2D eigenvalue weighted by Gasteiger charge is -2.17. The summed E-state index contributed by atoms with van der Waals surface area (Å²) in [5.74, 6) is 1.74. The van der Waals surface area contributed by atoms with Gasteiger partial charge in [0.15, 0.2) is 0 Å². The Morgan fingerprint density at radius 3 is 2.16 bits per heavy atom. The molecule has 0 saturated carbocycles. The molecule has 1 aromatic heterocycles. The molecule has 0 unspecified atom stereocenters. The van der Waals surface area contributed by atoms with Crippen molar-refractivity contribution in [3.05, 3.63) is 35.7 Å². The molecular formula is C16H23N3. The van der Waals surface area contributed by atoms with E-state index in [9.17, 15) is 0 Å². The van der Waals surface area contributed by atoms with Crippen molar-refractivity contribution in [1.82, 2.24) is 9.55 Å². The number of aromatic nitrogens is 2. The van der Waals surface area contributed by atoms with Crippen LogP contribution in [-0.2, 0) is 18.9 Å². The number of anilines is 1. The van der Waals surface area contributed by atoms with Gasteiger partial charge in [-0.1, -0.05) is 52.0 Å². The van der Waals surface area contributed by atoms with Crippen LogP contribution in [0.4, 0.5) is 5.82 Å². The van der Waals surface area contributed by atoms with Crippen LogP contribution in [-0.4, -0.2) is 9.55 Å². The van der Waals surface area contributed by atoms with E-state index in [0.717, 1.165) is 29.3 Å². The smallest absolute Gasteiger partial charge is 0.131 e. The zero-order chi connectivity index (χ0) is 14.2. The molecule has 0 aliphatic rings. The highest BCUT2D eigenvalue weighted by atomic mass is 15.1. The lowest BCUT2D eigenvalue weighted by atomic mass is 9.96. The molecule has 0 aliphatic carbocycles. The Kier molecular flexibility index (Phi) is 3.40. The molecule has 19 heavy (non-hydrogen) atoms. The molecule has 2 aromatic rings. The van der Waals surface area contributed by atoms with E-state index in [-0.39, 0.29) is 5.41 Å². The lowest BCUT2D eigenvalue weighted by molar-refractivity contribution is 0.524. The lowest BCUT2D eigenvalue weighted by Crippen LogP contribution is -2.17. The highest BCUT2D eigenvalue weighted by Gasteiger charge is 2.23. The fourth-order valence-electron chi connectivity index (χ4n) is 2.29. The van der Waals surface area contributed by atoms with Crippen LogP contribution in [0.5, 0.6) is 0 Å². The molecule has 0 atom stereocenters. The van der Waals surface area contributed by atoms with Crippen LogP contribution in [0.3, 0.4) is 0 Å². The number of nitrogen functional groups attached to an aromatic ring is 1. The van der Waals surface area contributed by atoms with Crippen LogP contribution < -0.4 is 5.73 Å². The van der Waals surface area contributed by atoms with Crippen molar-refractivity contribution < 1.29 is 0 Å². The van der Waals surface area contributed by atoms with Crippen LogP contribution in [0.2, 0.25) is 0 Å². The average Bonchev–Trinajstić information content (AvgIpc) is 2.66. The van der Waals surface area contributed by atoms with Gasteiger partial charge in [-0.15, -0.1) is 0 Å². The second-order valence-corrected chi connectivity index (χ2v) is 6.03. The molecular weight excluding hydrogens is 234 g/mol. The van der Waals surface area contributed by atoms with Crippen molar-refractivity contribution in [1.29, 1.82) is 0 Å². The summed E-state index contributed by atoms with van der Waals surface area (Å²) >= 11 is 0. The number of imidazole rings is 1. The molecule has 0 saturated heterocycles. The topological polar surface area (TPSA) is 43.8 Å². The van der Waals surface area contributed by atoms with E-state index in [1.54, 1.807) is 0 Å². The summed E-state index contributed by atoms with van der Waals surface area (Å²) in [6, 6.07) is 8.48. The fraction of sp³-hybridized carbons (Fsp3) is 0.438.